The van der Waals surface area contributed by atoms with Crippen molar-refractivity contribution in [2.75, 3.05) is 0 Å². The Kier molecular flexibility index (Phi) is 5.23. The van der Waals surface area contributed by atoms with E-state index in [2.05, 4.69) is 26.5 Å². The summed E-state index contributed by atoms with van der Waals surface area (Å²) in [5, 5.41) is 14.2. The maximum absolute atomic E-state index is 12.2. The molecule has 132 valence electrons. The maximum atomic E-state index is 12.2. The van der Waals surface area contributed by atoms with E-state index in [1.54, 1.807) is 24.4 Å². The second-order valence-corrected chi connectivity index (χ2v) is 6.82. The highest BCUT2D eigenvalue weighted by Crippen LogP contribution is 2.24. The molecule has 1 amide bonds. The molecule has 0 radical (unpaired) electrons. The van der Waals surface area contributed by atoms with E-state index in [0.717, 1.165) is 27.1 Å². The van der Waals surface area contributed by atoms with Gasteiger partial charge in [-0.15, -0.1) is 0 Å². The van der Waals surface area contributed by atoms with E-state index < -0.39 is 5.91 Å². The van der Waals surface area contributed by atoms with Gasteiger partial charge in [-0.05, 0) is 55.8 Å². The van der Waals surface area contributed by atoms with Crippen molar-refractivity contribution in [3.05, 3.63) is 81.6 Å². The third kappa shape index (κ3) is 3.86. The number of phenols is 1. The van der Waals surface area contributed by atoms with Gasteiger partial charge in [-0.3, -0.25) is 4.79 Å². The third-order valence-corrected chi connectivity index (χ3v) is 4.53. The highest BCUT2D eigenvalue weighted by Gasteiger charge is 2.13. The van der Waals surface area contributed by atoms with Crippen molar-refractivity contribution in [1.29, 1.82) is 0 Å². The molecule has 6 heteroatoms. The SMILES string of the molecule is Cc1ccc(C)n1-c1ccc(C(=O)NN=Cc2ccc(Br)cc2)c(O)c1. The summed E-state index contributed by atoms with van der Waals surface area (Å²) in [6.45, 7) is 3.98. The van der Waals surface area contributed by atoms with Gasteiger partial charge in [0.1, 0.15) is 5.75 Å². The molecule has 0 spiro atoms. The van der Waals surface area contributed by atoms with Crippen LogP contribution >= 0.6 is 15.9 Å². The fraction of sp³-hybridized carbons (Fsp3) is 0.100. The number of aryl methyl sites for hydroxylation is 2. The maximum Gasteiger partial charge on any atom is 0.275 e. The molecule has 0 aliphatic carbocycles. The van der Waals surface area contributed by atoms with Crippen molar-refractivity contribution in [3.8, 4) is 11.4 Å². The van der Waals surface area contributed by atoms with E-state index in [1.807, 2.05) is 54.8 Å². The number of amides is 1. The lowest BCUT2D eigenvalue weighted by molar-refractivity contribution is 0.0952. The number of nitrogens with zero attached hydrogens (tertiary/aromatic N) is 2. The molecule has 0 saturated heterocycles. The second-order valence-electron chi connectivity index (χ2n) is 5.90. The summed E-state index contributed by atoms with van der Waals surface area (Å²) in [7, 11) is 0. The zero-order valence-electron chi connectivity index (χ0n) is 14.4. The Labute approximate surface area is 160 Å². The van der Waals surface area contributed by atoms with Crippen molar-refractivity contribution in [1.82, 2.24) is 9.99 Å². The second kappa shape index (κ2) is 7.58. The van der Waals surface area contributed by atoms with Gasteiger partial charge in [-0.25, -0.2) is 5.43 Å². The predicted molar refractivity (Wildman–Crippen MR) is 106 cm³/mol. The number of carbonyl (C=O) groups excluding carboxylic acids is 1. The number of benzene rings is 2. The van der Waals surface area contributed by atoms with Crippen molar-refractivity contribution in [2.24, 2.45) is 5.10 Å². The first kappa shape index (κ1) is 17.9. The Morgan fingerprint density at radius 1 is 1.08 bits per heavy atom. The first-order valence-corrected chi connectivity index (χ1v) is 8.82. The first-order chi connectivity index (χ1) is 12.5. The molecular weight excluding hydrogens is 394 g/mol. The van der Waals surface area contributed by atoms with Gasteiger partial charge >= 0.3 is 0 Å². The molecule has 0 unspecified atom stereocenters. The van der Waals surface area contributed by atoms with Gasteiger partial charge in [0.25, 0.3) is 5.91 Å². The Bertz CT molecular complexity index is 956. The van der Waals surface area contributed by atoms with Crippen molar-refractivity contribution >= 4 is 28.1 Å². The summed E-state index contributed by atoms with van der Waals surface area (Å²) in [5.74, 6) is -0.560. The molecule has 2 aromatic carbocycles. The molecule has 1 heterocycles. The molecular formula is C20H18BrN3O2. The molecule has 3 rings (SSSR count). The van der Waals surface area contributed by atoms with Crippen molar-refractivity contribution in [3.63, 3.8) is 0 Å². The van der Waals surface area contributed by atoms with Gasteiger partial charge in [-0.2, -0.15) is 5.10 Å². The standard InChI is InChI=1S/C20H18BrN3O2/c1-13-3-4-14(2)24(13)17-9-10-18(19(25)11-17)20(26)23-22-12-15-5-7-16(21)8-6-15/h3-12,25H,1-2H3,(H,23,26). The van der Waals surface area contributed by atoms with Gasteiger partial charge in [0.15, 0.2) is 0 Å². The number of hydrogen-bond acceptors (Lipinski definition) is 3. The molecule has 26 heavy (non-hydrogen) atoms. The van der Waals surface area contributed by atoms with Gasteiger partial charge in [0.05, 0.1) is 11.8 Å². The molecule has 0 aliphatic rings. The van der Waals surface area contributed by atoms with Gasteiger partial charge in [0, 0.05) is 27.6 Å². The number of aromatic hydroxyl groups is 1. The number of halogens is 1. The number of hydrazone groups is 1. The number of aromatic nitrogens is 1. The molecule has 5 nitrogen and oxygen atoms in total. The van der Waals surface area contributed by atoms with E-state index in [1.165, 1.54) is 0 Å². The molecule has 1 aromatic heterocycles. The molecule has 3 aromatic rings. The molecule has 0 fully saturated rings. The number of carbonyl (C=O) groups is 1. The minimum atomic E-state index is -0.469. The van der Waals surface area contributed by atoms with Crippen LogP contribution in [0.4, 0.5) is 0 Å². The lowest BCUT2D eigenvalue weighted by atomic mass is 10.1. The van der Waals surface area contributed by atoms with Crippen molar-refractivity contribution < 1.29 is 9.90 Å². The van der Waals surface area contributed by atoms with E-state index in [9.17, 15) is 9.90 Å². The normalized spacial score (nSPS) is 11.0. The van der Waals surface area contributed by atoms with Gasteiger partial charge in [0.2, 0.25) is 0 Å². The lowest BCUT2D eigenvalue weighted by Crippen LogP contribution is -2.18. The average Bonchev–Trinajstić information content (AvgIpc) is 2.95. The van der Waals surface area contributed by atoms with Crippen LogP contribution < -0.4 is 5.43 Å². The van der Waals surface area contributed by atoms with Crippen LogP contribution in [-0.4, -0.2) is 21.8 Å². The topological polar surface area (TPSA) is 66.6 Å². The zero-order chi connectivity index (χ0) is 18.7. The van der Waals surface area contributed by atoms with Crippen LogP contribution in [-0.2, 0) is 0 Å². The van der Waals surface area contributed by atoms with Crippen LogP contribution in [0.15, 0.2) is 64.2 Å². The summed E-state index contributed by atoms with van der Waals surface area (Å²) in [5.41, 5.74) is 6.37. The number of hydrogen-bond donors (Lipinski definition) is 2. The van der Waals surface area contributed by atoms with Crippen LogP contribution in [0.5, 0.6) is 5.75 Å². The van der Waals surface area contributed by atoms with Crippen LogP contribution in [0.1, 0.15) is 27.3 Å². The van der Waals surface area contributed by atoms with Crippen molar-refractivity contribution in [2.45, 2.75) is 13.8 Å². The fourth-order valence-corrected chi connectivity index (χ4v) is 2.97. The Hall–Kier alpha value is -2.86. The Morgan fingerprint density at radius 2 is 1.73 bits per heavy atom. The van der Waals surface area contributed by atoms with Crippen LogP contribution in [0, 0.1) is 13.8 Å². The number of phenolic OH excluding ortho intramolecular Hbond substituents is 1. The van der Waals surface area contributed by atoms with E-state index in [-0.39, 0.29) is 11.3 Å². The summed E-state index contributed by atoms with van der Waals surface area (Å²) in [6, 6.07) is 16.5. The fourth-order valence-electron chi connectivity index (χ4n) is 2.70. The molecule has 0 atom stereocenters. The number of nitrogens with one attached hydrogen (secondary N) is 1. The minimum absolute atomic E-state index is 0.0914. The highest BCUT2D eigenvalue weighted by molar-refractivity contribution is 9.10. The monoisotopic (exact) mass is 411 g/mol. The predicted octanol–water partition coefficient (Wildman–Crippen LogP) is 4.33. The minimum Gasteiger partial charge on any atom is -0.507 e. The quantitative estimate of drug-likeness (QED) is 0.495. The molecule has 0 bridgehead atoms. The van der Waals surface area contributed by atoms with Crippen LogP contribution in [0.25, 0.3) is 5.69 Å². The third-order valence-electron chi connectivity index (χ3n) is 4.01. The summed E-state index contributed by atoms with van der Waals surface area (Å²) in [6.07, 6.45) is 1.54. The van der Waals surface area contributed by atoms with E-state index >= 15 is 0 Å². The Balaban J connectivity index is 1.75. The zero-order valence-corrected chi connectivity index (χ0v) is 16.0. The molecule has 0 aliphatic heterocycles. The summed E-state index contributed by atoms with van der Waals surface area (Å²) < 4.78 is 2.98. The first-order valence-electron chi connectivity index (χ1n) is 8.03. The largest absolute Gasteiger partial charge is 0.507 e. The lowest BCUT2D eigenvalue weighted by Gasteiger charge is -2.11. The smallest absolute Gasteiger partial charge is 0.275 e. The molecule has 2 N–H and O–H groups in total. The summed E-state index contributed by atoms with van der Waals surface area (Å²) >= 11 is 3.36. The van der Waals surface area contributed by atoms with Gasteiger partial charge in [-0.1, -0.05) is 28.1 Å². The molecule has 0 saturated carbocycles. The average molecular weight is 412 g/mol. The van der Waals surface area contributed by atoms with E-state index in [4.69, 9.17) is 0 Å². The summed E-state index contributed by atoms with van der Waals surface area (Å²) in [4.78, 5) is 12.2. The van der Waals surface area contributed by atoms with Crippen LogP contribution in [0.2, 0.25) is 0 Å². The Morgan fingerprint density at radius 3 is 2.35 bits per heavy atom. The van der Waals surface area contributed by atoms with E-state index in [0.29, 0.717) is 0 Å². The highest BCUT2D eigenvalue weighted by atomic mass is 79.9. The van der Waals surface area contributed by atoms with Crippen LogP contribution in [0.3, 0.4) is 0 Å². The number of rotatable bonds is 4. The van der Waals surface area contributed by atoms with Gasteiger partial charge < -0.3 is 9.67 Å².